The number of nitrogens with zero attached hydrogens (tertiary/aromatic N) is 5. The van der Waals surface area contributed by atoms with Gasteiger partial charge in [0, 0.05) is 30.1 Å². The number of likely N-dealkylation sites (N-methyl/N-ethyl adjacent to an activating group) is 1. The Morgan fingerprint density at radius 3 is 2.81 bits per heavy atom. The number of rotatable bonds is 4. The quantitative estimate of drug-likeness (QED) is 0.787. The Hall–Kier alpha value is -2.47. The highest BCUT2D eigenvalue weighted by molar-refractivity contribution is 5.80. The van der Waals surface area contributed by atoms with Crippen LogP contribution in [-0.2, 0) is 6.54 Å². The van der Waals surface area contributed by atoms with E-state index in [0.717, 1.165) is 35.2 Å². The SMILES string of the molecule is CN(C)CCn1cc(-c2cnc3ccc(N)nc3c2)cn1. The maximum Gasteiger partial charge on any atom is 0.124 e. The van der Waals surface area contributed by atoms with Gasteiger partial charge in [-0.05, 0) is 32.3 Å². The molecule has 0 amide bonds. The fraction of sp³-hybridized carbons (Fsp3) is 0.267. The van der Waals surface area contributed by atoms with E-state index in [1.165, 1.54) is 0 Å². The predicted octanol–water partition coefficient (Wildman–Crippen LogP) is 1.64. The van der Waals surface area contributed by atoms with Crippen LogP contribution in [-0.4, -0.2) is 45.3 Å². The first-order valence-electron chi connectivity index (χ1n) is 6.82. The van der Waals surface area contributed by atoms with Crippen molar-refractivity contribution in [1.29, 1.82) is 0 Å². The van der Waals surface area contributed by atoms with Crippen molar-refractivity contribution >= 4 is 16.9 Å². The smallest absolute Gasteiger partial charge is 0.124 e. The molecule has 0 aromatic carbocycles. The summed E-state index contributed by atoms with van der Waals surface area (Å²) in [5.41, 5.74) is 9.40. The van der Waals surface area contributed by atoms with Crippen molar-refractivity contribution in [2.75, 3.05) is 26.4 Å². The highest BCUT2D eigenvalue weighted by atomic mass is 15.3. The Kier molecular flexibility index (Phi) is 3.53. The van der Waals surface area contributed by atoms with Crippen molar-refractivity contribution in [2.24, 2.45) is 0 Å². The number of pyridine rings is 2. The van der Waals surface area contributed by atoms with E-state index in [1.807, 2.05) is 49.5 Å². The Labute approximate surface area is 123 Å². The zero-order valence-corrected chi connectivity index (χ0v) is 12.2. The summed E-state index contributed by atoms with van der Waals surface area (Å²) >= 11 is 0. The molecule has 3 aromatic heterocycles. The number of hydrogen-bond donors (Lipinski definition) is 1. The van der Waals surface area contributed by atoms with Gasteiger partial charge in [-0.1, -0.05) is 0 Å². The lowest BCUT2D eigenvalue weighted by Crippen LogP contribution is -2.18. The standard InChI is InChI=1S/C15H18N6/c1-20(2)5-6-21-10-12(9-18-21)11-7-14-13(17-8-11)3-4-15(16)19-14/h3-4,7-10H,5-6H2,1-2H3,(H2,16,19). The molecule has 0 spiro atoms. The van der Waals surface area contributed by atoms with Crippen LogP contribution in [0.25, 0.3) is 22.2 Å². The largest absolute Gasteiger partial charge is 0.384 e. The molecule has 0 saturated heterocycles. The van der Waals surface area contributed by atoms with Gasteiger partial charge >= 0.3 is 0 Å². The second-order valence-electron chi connectivity index (χ2n) is 5.29. The number of anilines is 1. The van der Waals surface area contributed by atoms with Crippen molar-refractivity contribution < 1.29 is 0 Å². The molecule has 0 bridgehead atoms. The van der Waals surface area contributed by atoms with E-state index in [4.69, 9.17) is 5.73 Å². The van der Waals surface area contributed by atoms with Crippen molar-refractivity contribution in [3.63, 3.8) is 0 Å². The topological polar surface area (TPSA) is 72.9 Å². The number of hydrogen-bond acceptors (Lipinski definition) is 5. The molecule has 0 aliphatic rings. The Morgan fingerprint density at radius 1 is 1.14 bits per heavy atom. The van der Waals surface area contributed by atoms with Gasteiger partial charge in [0.15, 0.2) is 0 Å². The van der Waals surface area contributed by atoms with Crippen LogP contribution in [0.5, 0.6) is 0 Å². The first-order chi connectivity index (χ1) is 10.1. The molecule has 3 aromatic rings. The molecular formula is C15H18N6. The minimum absolute atomic E-state index is 0.503. The average molecular weight is 282 g/mol. The minimum atomic E-state index is 0.503. The summed E-state index contributed by atoms with van der Waals surface area (Å²) in [5.74, 6) is 0.503. The van der Waals surface area contributed by atoms with E-state index in [0.29, 0.717) is 5.82 Å². The third-order valence-corrected chi connectivity index (χ3v) is 3.30. The van der Waals surface area contributed by atoms with E-state index in [-0.39, 0.29) is 0 Å². The van der Waals surface area contributed by atoms with Gasteiger partial charge in [-0.25, -0.2) is 4.98 Å². The zero-order chi connectivity index (χ0) is 14.8. The molecule has 0 unspecified atom stereocenters. The van der Waals surface area contributed by atoms with Gasteiger partial charge in [-0.2, -0.15) is 5.10 Å². The lowest BCUT2D eigenvalue weighted by molar-refractivity contribution is 0.373. The van der Waals surface area contributed by atoms with Crippen LogP contribution in [0.2, 0.25) is 0 Å². The summed E-state index contributed by atoms with van der Waals surface area (Å²) in [7, 11) is 4.10. The highest BCUT2D eigenvalue weighted by Crippen LogP contribution is 2.21. The number of aromatic nitrogens is 4. The number of nitrogen functional groups attached to an aromatic ring is 1. The Balaban J connectivity index is 1.89. The fourth-order valence-corrected chi connectivity index (χ4v) is 2.12. The van der Waals surface area contributed by atoms with E-state index >= 15 is 0 Å². The van der Waals surface area contributed by atoms with Gasteiger partial charge in [0.05, 0.1) is 23.8 Å². The van der Waals surface area contributed by atoms with Crippen LogP contribution >= 0.6 is 0 Å². The van der Waals surface area contributed by atoms with Gasteiger partial charge < -0.3 is 10.6 Å². The maximum absolute atomic E-state index is 5.72. The van der Waals surface area contributed by atoms with Gasteiger partial charge in [0.2, 0.25) is 0 Å². The first kappa shape index (κ1) is 13.5. The molecule has 0 fully saturated rings. The predicted molar refractivity (Wildman–Crippen MR) is 83.7 cm³/mol. The third-order valence-electron chi connectivity index (χ3n) is 3.30. The van der Waals surface area contributed by atoms with Crippen molar-refractivity contribution in [3.8, 4) is 11.1 Å². The molecule has 3 rings (SSSR count). The number of nitrogens with two attached hydrogens (primary N) is 1. The zero-order valence-electron chi connectivity index (χ0n) is 12.2. The van der Waals surface area contributed by atoms with Crippen LogP contribution in [0.15, 0.2) is 36.8 Å². The molecule has 108 valence electrons. The summed E-state index contributed by atoms with van der Waals surface area (Å²) in [6, 6.07) is 5.63. The third kappa shape index (κ3) is 3.00. The molecule has 0 radical (unpaired) electrons. The van der Waals surface area contributed by atoms with E-state index < -0.39 is 0 Å². The summed E-state index contributed by atoms with van der Waals surface area (Å²) in [6.45, 7) is 1.81. The molecule has 0 saturated carbocycles. The van der Waals surface area contributed by atoms with E-state index in [1.54, 1.807) is 6.07 Å². The molecule has 3 heterocycles. The van der Waals surface area contributed by atoms with Crippen molar-refractivity contribution in [2.45, 2.75) is 6.54 Å². The summed E-state index contributed by atoms with van der Waals surface area (Å²) in [4.78, 5) is 10.9. The van der Waals surface area contributed by atoms with Crippen LogP contribution < -0.4 is 5.73 Å². The molecule has 0 atom stereocenters. The first-order valence-corrected chi connectivity index (χ1v) is 6.82. The van der Waals surface area contributed by atoms with Gasteiger partial charge in [0.1, 0.15) is 5.82 Å². The van der Waals surface area contributed by atoms with Crippen LogP contribution in [0.4, 0.5) is 5.82 Å². The molecule has 6 nitrogen and oxygen atoms in total. The summed E-state index contributed by atoms with van der Waals surface area (Å²) in [6.07, 6.45) is 5.72. The molecule has 21 heavy (non-hydrogen) atoms. The Bertz CT molecular complexity index is 762. The second-order valence-corrected chi connectivity index (χ2v) is 5.29. The second kappa shape index (κ2) is 5.49. The molecule has 0 aliphatic heterocycles. The van der Waals surface area contributed by atoms with E-state index in [9.17, 15) is 0 Å². The van der Waals surface area contributed by atoms with Gasteiger partial charge in [0.25, 0.3) is 0 Å². The molecular weight excluding hydrogens is 264 g/mol. The lowest BCUT2D eigenvalue weighted by Gasteiger charge is -2.08. The molecule has 6 heteroatoms. The summed E-state index contributed by atoms with van der Waals surface area (Å²) in [5, 5.41) is 4.38. The fourth-order valence-electron chi connectivity index (χ4n) is 2.12. The normalized spacial score (nSPS) is 11.4. The molecule has 2 N–H and O–H groups in total. The van der Waals surface area contributed by atoms with E-state index in [2.05, 4.69) is 20.0 Å². The van der Waals surface area contributed by atoms with Crippen LogP contribution in [0.1, 0.15) is 0 Å². The lowest BCUT2D eigenvalue weighted by atomic mass is 10.1. The van der Waals surface area contributed by atoms with Crippen molar-refractivity contribution in [3.05, 3.63) is 36.8 Å². The summed E-state index contributed by atoms with van der Waals surface area (Å²) < 4.78 is 1.94. The average Bonchev–Trinajstić information content (AvgIpc) is 2.93. The van der Waals surface area contributed by atoms with Gasteiger partial charge in [-0.3, -0.25) is 9.67 Å². The minimum Gasteiger partial charge on any atom is -0.384 e. The maximum atomic E-state index is 5.72. The Morgan fingerprint density at radius 2 is 2.00 bits per heavy atom. The monoisotopic (exact) mass is 282 g/mol. The highest BCUT2D eigenvalue weighted by Gasteiger charge is 2.05. The van der Waals surface area contributed by atoms with Crippen molar-refractivity contribution in [1.82, 2.24) is 24.6 Å². The van der Waals surface area contributed by atoms with Gasteiger partial charge in [-0.15, -0.1) is 0 Å². The van der Waals surface area contributed by atoms with Crippen LogP contribution in [0.3, 0.4) is 0 Å². The molecule has 0 aliphatic carbocycles. The van der Waals surface area contributed by atoms with Crippen LogP contribution in [0, 0.1) is 0 Å². The number of fused-ring (bicyclic) bond motifs is 1.